The Morgan fingerprint density at radius 1 is 1.07 bits per heavy atom. The smallest absolute Gasteiger partial charge is 0.263 e. The van der Waals surface area contributed by atoms with Crippen molar-refractivity contribution in [3.8, 4) is 17.2 Å². The molecule has 28 heavy (non-hydrogen) atoms. The third-order valence-electron chi connectivity index (χ3n) is 5.01. The molecular formula is C21H18N2O4S. The highest BCUT2D eigenvalue weighted by atomic mass is 32.2. The van der Waals surface area contributed by atoms with Crippen molar-refractivity contribution in [3.05, 3.63) is 78.0 Å². The van der Waals surface area contributed by atoms with Gasteiger partial charge in [0.2, 0.25) is 0 Å². The maximum Gasteiger partial charge on any atom is 0.263 e. The van der Waals surface area contributed by atoms with E-state index in [0.29, 0.717) is 36.0 Å². The van der Waals surface area contributed by atoms with Gasteiger partial charge in [0.05, 0.1) is 6.61 Å². The van der Waals surface area contributed by atoms with Gasteiger partial charge < -0.3 is 14.4 Å². The average Bonchev–Trinajstić information content (AvgIpc) is 3.15. The van der Waals surface area contributed by atoms with Crippen molar-refractivity contribution in [1.82, 2.24) is 4.90 Å². The van der Waals surface area contributed by atoms with Crippen molar-refractivity contribution in [3.63, 3.8) is 0 Å². The number of benzene rings is 2. The van der Waals surface area contributed by atoms with Crippen LogP contribution in [0.25, 0.3) is 0 Å². The molecule has 0 amide bonds. The Morgan fingerprint density at radius 3 is 2.75 bits per heavy atom. The van der Waals surface area contributed by atoms with Crippen LogP contribution in [0, 0.1) is 0 Å². The van der Waals surface area contributed by atoms with Crippen LogP contribution in [0.4, 0.5) is 0 Å². The van der Waals surface area contributed by atoms with Crippen molar-refractivity contribution in [2.45, 2.75) is 11.7 Å². The predicted molar refractivity (Wildman–Crippen MR) is 106 cm³/mol. The minimum Gasteiger partial charge on any atom is -0.493 e. The fourth-order valence-corrected chi connectivity index (χ4v) is 4.95. The van der Waals surface area contributed by atoms with Crippen LogP contribution in [0.5, 0.6) is 17.2 Å². The Labute approximate surface area is 163 Å². The number of allylic oxidation sites excluding steroid dienone is 2. The molecule has 3 heterocycles. The lowest BCUT2D eigenvalue weighted by Gasteiger charge is -2.31. The van der Waals surface area contributed by atoms with Gasteiger partial charge in [-0.15, -0.1) is 4.40 Å². The van der Waals surface area contributed by atoms with Crippen LogP contribution in [-0.4, -0.2) is 32.3 Å². The summed E-state index contributed by atoms with van der Waals surface area (Å²) in [5.41, 5.74) is 1.88. The van der Waals surface area contributed by atoms with E-state index in [4.69, 9.17) is 9.47 Å². The summed E-state index contributed by atoms with van der Waals surface area (Å²) in [7, 11) is -3.62. The van der Waals surface area contributed by atoms with E-state index in [1.165, 1.54) is 5.56 Å². The molecule has 1 unspecified atom stereocenters. The number of fused-ring (bicyclic) bond motifs is 2. The summed E-state index contributed by atoms with van der Waals surface area (Å²) in [6.07, 6.45) is 8.11. The van der Waals surface area contributed by atoms with Gasteiger partial charge in [0, 0.05) is 25.2 Å². The second-order valence-corrected chi connectivity index (χ2v) is 8.63. The Hall–Kier alpha value is -3.06. The number of nitrogens with zero attached hydrogens (tertiary/aromatic N) is 2. The molecule has 0 radical (unpaired) electrons. The number of ether oxygens (including phenoxy) is 2. The van der Waals surface area contributed by atoms with Crippen molar-refractivity contribution in [2.75, 3.05) is 13.2 Å². The Bertz CT molecular complexity index is 1120. The molecule has 142 valence electrons. The molecule has 0 N–H and O–H groups in total. The average molecular weight is 394 g/mol. The first-order chi connectivity index (χ1) is 13.6. The largest absolute Gasteiger partial charge is 0.493 e. The van der Waals surface area contributed by atoms with E-state index < -0.39 is 15.3 Å². The predicted octanol–water partition coefficient (Wildman–Crippen LogP) is 3.58. The second kappa shape index (κ2) is 6.53. The highest BCUT2D eigenvalue weighted by Crippen LogP contribution is 2.34. The third kappa shape index (κ3) is 3.07. The Morgan fingerprint density at radius 2 is 1.89 bits per heavy atom. The highest BCUT2D eigenvalue weighted by Gasteiger charge is 2.34. The van der Waals surface area contributed by atoms with Crippen LogP contribution >= 0.6 is 0 Å². The fraction of sp³-hybridized carbons (Fsp3) is 0.190. The molecule has 0 spiro atoms. The van der Waals surface area contributed by atoms with Gasteiger partial charge in [-0.1, -0.05) is 24.3 Å². The van der Waals surface area contributed by atoms with E-state index in [0.717, 1.165) is 12.2 Å². The normalized spacial score (nSPS) is 21.5. The molecule has 3 aliphatic heterocycles. The van der Waals surface area contributed by atoms with Crippen molar-refractivity contribution < 1.29 is 17.9 Å². The summed E-state index contributed by atoms with van der Waals surface area (Å²) in [6, 6.07) is 12.9. The van der Waals surface area contributed by atoms with Gasteiger partial charge >= 0.3 is 0 Å². The Kier molecular flexibility index (Phi) is 3.98. The lowest BCUT2D eigenvalue weighted by atomic mass is 10.1. The van der Waals surface area contributed by atoms with Gasteiger partial charge in [-0.2, -0.15) is 0 Å². The van der Waals surface area contributed by atoms with Gasteiger partial charge in [-0.25, -0.2) is 8.42 Å². The first-order valence-electron chi connectivity index (χ1n) is 9.07. The molecule has 0 aliphatic carbocycles. The minimum atomic E-state index is -3.62. The standard InChI is InChI=1S/C21H18N2O4S/c24-28(25)20(14-23-11-2-1-3-21(23)22-28)16-5-7-17(8-6-16)27-18-9-4-15-10-12-26-19(15)13-18/h1-9,11,13,20H,10,12,14H2. The number of rotatable bonds is 3. The summed E-state index contributed by atoms with van der Waals surface area (Å²) in [6.45, 7) is 1.04. The molecular weight excluding hydrogens is 376 g/mol. The van der Waals surface area contributed by atoms with Gasteiger partial charge in [0.25, 0.3) is 10.0 Å². The van der Waals surface area contributed by atoms with Crippen molar-refractivity contribution >= 4 is 15.9 Å². The maximum absolute atomic E-state index is 12.6. The second-order valence-electron chi connectivity index (χ2n) is 6.85. The zero-order chi connectivity index (χ0) is 19.1. The van der Waals surface area contributed by atoms with E-state index in [1.54, 1.807) is 36.4 Å². The number of hydrogen-bond acceptors (Lipinski definition) is 5. The molecule has 5 rings (SSSR count). The zero-order valence-electron chi connectivity index (χ0n) is 15.0. The molecule has 1 atom stereocenters. The first kappa shape index (κ1) is 17.1. The molecule has 2 aromatic rings. The van der Waals surface area contributed by atoms with Crippen molar-refractivity contribution in [2.24, 2.45) is 4.40 Å². The van der Waals surface area contributed by atoms with Gasteiger partial charge in [0.1, 0.15) is 28.3 Å². The van der Waals surface area contributed by atoms with E-state index in [2.05, 4.69) is 4.40 Å². The monoisotopic (exact) mass is 394 g/mol. The van der Waals surface area contributed by atoms with E-state index in [9.17, 15) is 8.42 Å². The Balaban J connectivity index is 1.37. The topological polar surface area (TPSA) is 68.2 Å². The molecule has 0 saturated heterocycles. The van der Waals surface area contributed by atoms with Gasteiger partial charge in [-0.05, 0) is 41.5 Å². The van der Waals surface area contributed by atoms with Crippen LogP contribution in [0.3, 0.4) is 0 Å². The van der Waals surface area contributed by atoms with Gasteiger partial charge in [0.15, 0.2) is 0 Å². The molecule has 0 aromatic heterocycles. The number of hydrogen-bond donors (Lipinski definition) is 0. The maximum atomic E-state index is 12.6. The number of amidine groups is 1. The quantitative estimate of drug-likeness (QED) is 0.796. The van der Waals surface area contributed by atoms with Crippen molar-refractivity contribution in [1.29, 1.82) is 0 Å². The highest BCUT2D eigenvalue weighted by molar-refractivity contribution is 7.90. The van der Waals surface area contributed by atoms with Gasteiger partial charge in [-0.3, -0.25) is 0 Å². The molecule has 6 nitrogen and oxygen atoms in total. The molecule has 7 heteroatoms. The summed E-state index contributed by atoms with van der Waals surface area (Å²) in [4.78, 5) is 1.85. The number of sulfonamides is 1. The molecule has 0 bridgehead atoms. The molecule has 3 aliphatic rings. The fourth-order valence-electron chi connectivity index (χ4n) is 3.55. The third-order valence-corrected chi connectivity index (χ3v) is 6.60. The van der Waals surface area contributed by atoms with Crippen LogP contribution < -0.4 is 9.47 Å². The SMILES string of the molecule is O=S1(=O)N=C2C=CC=CN2CC1c1ccc(Oc2ccc3c(c2)OCC3)cc1. The lowest BCUT2D eigenvalue weighted by Crippen LogP contribution is -2.38. The summed E-state index contributed by atoms with van der Waals surface area (Å²) in [5, 5.41) is -0.713. The molecule has 0 fully saturated rings. The summed E-state index contributed by atoms with van der Waals surface area (Å²) in [5.74, 6) is 2.65. The molecule has 2 aromatic carbocycles. The van der Waals surface area contributed by atoms with E-state index in [-0.39, 0.29) is 0 Å². The zero-order valence-corrected chi connectivity index (χ0v) is 15.8. The lowest BCUT2D eigenvalue weighted by molar-refractivity contribution is 0.355. The summed E-state index contributed by atoms with van der Waals surface area (Å²) < 4.78 is 40.6. The first-order valence-corrected chi connectivity index (χ1v) is 10.6. The van der Waals surface area contributed by atoms with E-state index >= 15 is 0 Å². The summed E-state index contributed by atoms with van der Waals surface area (Å²) >= 11 is 0. The van der Waals surface area contributed by atoms with Crippen LogP contribution in [0.2, 0.25) is 0 Å². The van der Waals surface area contributed by atoms with Crippen LogP contribution in [0.1, 0.15) is 16.4 Å². The van der Waals surface area contributed by atoms with Crippen LogP contribution in [0.15, 0.2) is 71.3 Å². The molecule has 0 saturated carbocycles. The van der Waals surface area contributed by atoms with E-state index in [1.807, 2.05) is 35.4 Å². The minimum absolute atomic E-state index is 0.338. The van der Waals surface area contributed by atoms with Crippen LogP contribution in [-0.2, 0) is 16.4 Å².